The molecule has 3 unspecified atom stereocenters. The first-order chi connectivity index (χ1) is 30.5. The molecule has 0 radical (unpaired) electrons. The van der Waals surface area contributed by atoms with E-state index in [1.54, 1.807) is 6.08 Å². The van der Waals surface area contributed by atoms with Crippen LogP contribution < -0.4 is 10.2 Å². The van der Waals surface area contributed by atoms with E-state index in [1.165, 1.54) is 186 Å². The number of aliphatic hydroxyl groups is 1. The number of amides is 1. The number of aliphatic hydroxyl groups excluding tert-OH is 1. The van der Waals surface area contributed by atoms with Crippen LogP contribution in [-0.2, 0) is 18.4 Å². The number of rotatable bonds is 49. The second kappa shape index (κ2) is 45.9. The van der Waals surface area contributed by atoms with Crippen LogP contribution in [0, 0.1) is 0 Å². The number of phosphoric acid groups is 1. The third kappa shape index (κ3) is 48.5. The molecule has 0 fully saturated rings. The SMILES string of the molecule is CCCCCCCC/C=C/CC/C=C/CC/C=C/C(O)C(COP(=O)([O-])OCC[N+](C)(C)C)NC(=O)CCCCCCCCCCCCCCCCCCCCCCCCCCC. The molecule has 0 saturated carbocycles. The maximum absolute atomic E-state index is 12.9. The molecule has 8 nitrogen and oxygen atoms in total. The Morgan fingerprint density at radius 2 is 0.889 bits per heavy atom. The molecule has 3 atom stereocenters. The van der Waals surface area contributed by atoms with Crippen molar-refractivity contribution in [1.29, 1.82) is 0 Å². The van der Waals surface area contributed by atoms with Crippen LogP contribution in [0.4, 0.5) is 0 Å². The van der Waals surface area contributed by atoms with Crippen LogP contribution in [0.2, 0.25) is 0 Å². The van der Waals surface area contributed by atoms with Gasteiger partial charge in [0.2, 0.25) is 5.91 Å². The van der Waals surface area contributed by atoms with Crippen molar-refractivity contribution in [3.63, 3.8) is 0 Å². The van der Waals surface area contributed by atoms with Crippen LogP contribution in [0.25, 0.3) is 0 Å². The summed E-state index contributed by atoms with van der Waals surface area (Å²) in [6, 6.07) is -0.907. The van der Waals surface area contributed by atoms with Gasteiger partial charge in [-0.05, 0) is 44.9 Å². The molecule has 0 spiro atoms. The maximum atomic E-state index is 12.9. The molecule has 0 aromatic heterocycles. The number of nitrogens with zero attached hydrogens (tertiary/aromatic N) is 1. The third-order valence-corrected chi connectivity index (χ3v) is 13.0. The molecule has 0 aromatic carbocycles. The van der Waals surface area contributed by atoms with Crippen molar-refractivity contribution >= 4 is 13.7 Å². The minimum Gasteiger partial charge on any atom is -0.756 e. The lowest BCUT2D eigenvalue weighted by atomic mass is 10.0. The van der Waals surface area contributed by atoms with E-state index in [1.807, 2.05) is 27.2 Å². The highest BCUT2D eigenvalue weighted by Gasteiger charge is 2.23. The zero-order chi connectivity index (χ0) is 46.4. The summed E-state index contributed by atoms with van der Waals surface area (Å²) >= 11 is 0. The molecule has 1 amide bonds. The molecule has 0 rings (SSSR count). The average Bonchev–Trinajstić information content (AvgIpc) is 3.24. The van der Waals surface area contributed by atoms with Gasteiger partial charge in [-0.25, -0.2) is 0 Å². The number of hydrogen-bond donors (Lipinski definition) is 2. The van der Waals surface area contributed by atoms with Gasteiger partial charge in [0.05, 0.1) is 39.9 Å². The van der Waals surface area contributed by atoms with Crippen LogP contribution >= 0.6 is 7.82 Å². The van der Waals surface area contributed by atoms with Crippen molar-refractivity contribution in [2.75, 3.05) is 40.9 Å². The summed E-state index contributed by atoms with van der Waals surface area (Å²) in [6.45, 7) is 4.63. The normalized spacial score (nSPS) is 14.3. The van der Waals surface area contributed by atoms with Crippen LogP contribution in [0.1, 0.15) is 251 Å². The molecule has 0 bridgehead atoms. The van der Waals surface area contributed by atoms with Crippen LogP contribution in [-0.4, -0.2) is 68.5 Å². The topological polar surface area (TPSA) is 108 Å². The van der Waals surface area contributed by atoms with Crippen LogP contribution in [0.15, 0.2) is 36.5 Å². The van der Waals surface area contributed by atoms with Crippen molar-refractivity contribution in [2.45, 2.75) is 264 Å². The second-order valence-corrected chi connectivity index (χ2v) is 21.0. The summed E-state index contributed by atoms with van der Waals surface area (Å²) in [5, 5.41) is 13.8. The predicted octanol–water partition coefficient (Wildman–Crippen LogP) is 15.2. The molecule has 0 saturated heterocycles. The standard InChI is InChI=1S/C54H105N2O6P/c1-6-8-10-12-14-16-18-20-22-24-25-26-27-28-29-30-31-32-34-36-38-40-42-44-46-48-54(58)55-52(51-62-63(59,60)61-50-49-56(3,4)5)53(57)47-45-43-41-39-37-35-33-23-21-19-17-15-13-11-9-7-2/h21,23,37,39,45,47,52-53,57H,6-20,22,24-36,38,40-44,46,48-51H2,1-5H3,(H-,55,58,59,60)/b23-21+,39-37+,47-45+. The fourth-order valence-corrected chi connectivity index (χ4v) is 8.56. The molecular weight excluding hydrogens is 804 g/mol. The number of likely N-dealkylation sites (N-methyl/N-ethyl adjacent to an activating group) is 1. The first-order valence-electron chi connectivity index (χ1n) is 26.9. The van der Waals surface area contributed by atoms with Gasteiger partial charge in [-0.15, -0.1) is 0 Å². The van der Waals surface area contributed by atoms with Gasteiger partial charge in [-0.2, -0.15) is 0 Å². The van der Waals surface area contributed by atoms with Crippen molar-refractivity contribution in [1.82, 2.24) is 5.32 Å². The van der Waals surface area contributed by atoms with E-state index >= 15 is 0 Å². The predicted molar refractivity (Wildman–Crippen MR) is 270 cm³/mol. The number of unbranched alkanes of at least 4 members (excludes halogenated alkanes) is 32. The fourth-order valence-electron chi connectivity index (χ4n) is 7.83. The van der Waals surface area contributed by atoms with Crippen LogP contribution in [0.5, 0.6) is 0 Å². The van der Waals surface area contributed by atoms with Gasteiger partial charge < -0.3 is 28.8 Å². The molecule has 0 aliphatic heterocycles. The van der Waals surface area contributed by atoms with Crippen molar-refractivity contribution in [3.8, 4) is 0 Å². The highest BCUT2D eigenvalue weighted by molar-refractivity contribution is 7.45. The smallest absolute Gasteiger partial charge is 0.268 e. The Balaban J connectivity index is 4.23. The van der Waals surface area contributed by atoms with E-state index in [0.29, 0.717) is 17.4 Å². The molecule has 9 heteroatoms. The van der Waals surface area contributed by atoms with Gasteiger partial charge in [0.25, 0.3) is 7.82 Å². The maximum Gasteiger partial charge on any atom is 0.268 e. The van der Waals surface area contributed by atoms with Gasteiger partial charge in [0.1, 0.15) is 13.2 Å². The summed E-state index contributed by atoms with van der Waals surface area (Å²) in [5.74, 6) is -0.208. The lowest BCUT2D eigenvalue weighted by molar-refractivity contribution is -0.870. The number of hydrogen-bond acceptors (Lipinski definition) is 6. The Morgan fingerprint density at radius 1 is 0.540 bits per heavy atom. The minimum absolute atomic E-state index is 0.00759. The first-order valence-corrected chi connectivity index (χ1v) is 28.3. The highest BCUT2D eigenvalue weighted by atomic mass is 31.2. The molecule has 0 heterocycles. The van der Waals surface area contributed by atoms with E-state index in [-0.39, 0.29) is 12.5 Å². The van der Waals surface area contributed by atoms with E-state index in [9.17, 15) is 19.4 Å². The first kappa shape index (κ1) is 61.7. The molecule has 2 N–H and O–H groups in total. The average molecular weight is 909 g/mol. The van der Waals surface area contributed by atoms with Crippen molar-refractivity contribution in [3.05, 3.63) is 36.5 Å². The third-order valence-electron chi connectivity index (χ3n) is 12.1. The summed E-state index contributed by atoms with van der Waals surface area (Å²) in [5.41, 5.74) is 0. The van der Waals surface area contributed by atoms with Gasteiger partial charge in [0, 0.05) is 6.42 Å². The lowest BCUT2D eigenvalue weighted by Gasteiger charge is -2.29. The van der Waals surface area contributed by atoms with E-state index in [4.69, 9.17) is 9.05 Å². The van der Waals surface area contributed by atoms with Gasteiger partial charge >= 0.3 is 0 Å². The number of carbonyl (C=O) groups excluding carboxylic acids is 1. The Labute approximate surface area is 391 Å². The Hall–Kier alpha value is -1.28. The Kier molecular flexibility index (Phi) is 44.9. The lowest BCUT2D eigenvalue weighted by Crippen LogP contribution is -2.45. The van der Waals surface area contributed by atoms with Crippen molar-refractivity contribution in [2.24, 2.45) is 0 Å². The summed E-state index contributed by atoms with van der Waals surface area (Å²) < 4.78 is 23.3. The van der Waals surface area contributed by atoms with Gasteiger partial charge in [-0.3, -0.25) is 9.36 Å². The molecule has 0 aromatic rings. The van der Waals surface area contributed by atoms with Gasteiger partial charge in [0.15, 0.2) is 0 Å². The second-order valence-electron chi connectivity index (χ2n) is 19.6. The molecule has 0 aliphatic carbocycles. The van der Waals surface area contributed by atoms with Crippen LogP contribution in [0.3, 0.4) is 0 Å². The zero-order valence-electron chi connectivity index (χ0n) is 42.3. The molecular formula is C54H105N2O6P. The van der Waals surface area contributed by atoms with Gasteiger partial charge in [-0.1, -0.05) is 237 Å². The minimum atomic E-state index is -4.60. The monoisotopic (exact) mass is 909 g/mol. The number of phosphoric ester groups is 1. The number of carbonyl (C=O) groups is 1. The highest BCUT2D eigenvalue weighted by Crippen LogP contribution is 2.38. The van der Waals surface area contributed by atoms with E-state index < -0.39 is 26.6 Å². The molecule has 372 valence electrons. The summed E-state index contributed by atoms with van der Waals surface area (Å²) in [6.07, 6.45) is 57.9. The van der Waals surface area contributed by atoms with E-state index in [2.05, 4.69) is 43.5 Å². The quantitative estimate of drug-likeness (QED) is 0.0272. The molecule has 0 aliphatic rings. The summed E-state index contributed by atoms with van der Waals surface area (Å²) in [4.78, 5) is 25.4. The number of allylic oxidation sites excluding steroid dienone is 5. The largest absolute Gasteiger partial charge is 0.756 e. The van der Waals surface area contributed by atoms with E-state index in [0.717, 1.165) is 44.9 Å². The molecule has 63 heavy (non-hydrogen) atoms. The van der Waals surface area contributed by atoms with Crippen molar-refractivity contribution < 1.29 is 32.9 Å². The number of nitrogens with one attached hydrogen (secondary N) is 1. The fraction of sp³-hybridized carbons (Fsp3) is 0.870. The Bertz CT molecular complexity index is 1120. The Morgan fingerprint density at radius 3 is 1.29 bits per heavy atom. The zero-order valence-corrected chi connectivity index (χ0v) is 43.2. The summed E-state index contributed by atoms with van der Waals surface area (Å²) in [7, 11) is 1.24. The number of quaternary nitrogens is 1.